The first-order valence-corrected chi connectivity index (χ1v) is 11.5. The molecule has 5 rings (SSSR count). The number of nitrogens with two attached hydrogens (primary N) is 1. The fourth-order valence-electron chi connectivity index (χ4n) is 4.45. The van der Waals surface area contributed by atoms with Crippen LogP contribution in [0.3, 0.4) is 0 Å². The summed E-state index contributed by atoms with van der Waals surface area (Å²) in [6.45, 7) is 4.46. The molecule has 2 aromatic carbocycles. The van der Waals surface area contributed by atoms with Gasteiger partial charge in [-0.3, -0.25) is 4.90 Å². The number of alkyl halides is 3. The van der Waals surface area contributed by atoms with Crippen LogP contribution in [-0.4, -0.2) is 32.3 Å². The Bertz CT molecular complexity index is 1460. The van der Waals surface area contributed by atoms with Crippen LogP contribution < -0.4 is 16.0 Å². The number of nitrogens with one attached hydrogen (secondary N) is 1. The van der Waals surface area contributed by atoms with Gasteiger partial charge in [-0.05, 0) is 55.7 Å². The highest BCUT2D eigenvalue weighted by Gasteiger charge is 2.30. The third-order valence-electron chi connectivity index (χ3n) is 6.20. The van der Waals surface area contributed by atoms with Crippen LogP contribution in [0.5, 0.6) is 0 Å². The van der Waals surface area contributed by atoms with E-state index in [2.05, 4.69) is 15.3 Å². The highest BCUT2D eigenvalue weighted by Crippen LogP contribution is 2.36. The van der Waals surface area contributed by atoms with Gasteiger partial charge >= 0.3 is 12.2 Å². The molecule has 0 aliphatic carbocycles. The molecule has 0 spiro atoms. The minimum Gasteiger partial charge on any atom is -0.383 e. The molecule has 4 aromatic rings. The van der Waals surface area contributed by atoms with Crippen molar-refractivity contribution < 1.29 is 18.0 Å². The van der Waals surface area contributed by atoms with Gasteiger partial charge in [0.1, 0.15) is 17.8 Å². The average molecular weight is 496 g/mol. The predicted molar refractivity (Wildman–Crippen MR) is 130 cm³/mol. The van der Waals surface area contributed by atoms with E-state index in [0.29, 0.717) is 41.1 Å². The van der Waals surface area contributed by atoms with Crippen molar-refractivity contribution in [3.05, 3.63) is 65.5 Å². The minimum absolute atomic E-state index is 0.00935. The van der Waals surface area contributed by atoms with Gasteiger partial charge in [-0.25, -0.2) is 19.4 Å². The SMILES string of the molecule is CC(C)n1nc(-c2ccc3c(c2)CCN3C(=O)NCc2cccc(C(F)(F)F)c2)c2c(N)ncnc21. The highest BCUT2D eigenvalue weighted by atomic mass is 19.4. The molecule has 1 aliphatic heterocycles. The Hall–Kier alpha value is -4.15. The molecule has 0 unspecified atom stereocenters. The number of urea groups is 1. The summed E-state index contributed by atoms with van der Waals surface area (Å²) in [5.41, 5.74) is 9.68. The van der Waals surface area contributed by atoms with Gasteiger partial charge in [-0.15, -0.1) is 0 Å². The average Bonchev–Trinajstić information content (AvgIpc) is 3.44. The van der Waals surface area contributed by atoms with Crippen molar-refractivity contribution >= 4 is 28.6 Å². The zero-order valence-corrected chi connectivity index (χ0v) is 19.7. The van der Waals surface area contributed by atoms with Crippen LogP contribution >= 0.6 is 0 Å². The zero-order chi connectivity index (χ0) is 25.6. The number of carbonyl (C=O) groups excluding carboxylic acids is 1. The summed E-state index contributed by atoms with van der Waals surface area (Å²) in [4.78, 5) is 22.9. The van der Waals surface area contributed by atoms with Crippen LogP contribution in [0.1, 0.15) is 36.6 Å². The molecule has 1 aliphatic rings. The molecule has 36 heavy (non-hydrogen) atoms. The molecule has 2 amide bonds. The third kappa shape index (κ3) is 4.21. The number of aromatic nitrogens is 4. The van der Waals surface area contributed by atoms with Crippen molar-refractivity contribution in [2.75, 3.05) is 17.2 Å². The number of anilines is 2. The number of fused-ring (bicyclic) bond motifs is 2. The number of rotatable bonds is 4. The van der Waals surface area contributed by atoms with Crippen molar-refractivity contribution in [1.82, 2.24) is 25.1 Å². The zero-order valence-electron chi connectivity index (χ0n) is 19.7. The lowest BCUT2D eigenvalue weighted by atomic mass is 10.0. The molecular formula is C25H24F3N7O. The Morgan fingerprint density at radius 2 is 1.97 bits per heavy atom. The maximum absolute atomic E-state index is 13.0. The second-order valence-electron chi connectivity index (χ2n) is 8.95. The summed E-state index contributed by atoms with van der Waals surface area (Å²) < 4.78 is 40.7. The number of amides is 2. The second kappa shape index (κ2) is 8.81. The van der Waals surface area contributed by atoms with E-state index in [1.807, 2.05) is 36.7 Å². The quantitative estimate of drug-likeness (QED) is 0.417. The molecule has 0 atom stereocenters. The van der Waals surface area contributed by atoms with Crippen molar-refractivity contribution in [2.24, 2.45) is 0 Å². The lowest BCUT2D eigenvalue weighted by Crippen LogP contribution is -2.38. The normalized spacial score (nSPS) is 13.4. The van der Waals surface area contributed by atoms with Crippen LogP contribution in [0.2, 0.25) is 0 Å². The number of carbonyl (C=O) groups is 1. The van der Waals surface area contributed by atoms with Crippen LogP contribution in [0.25, 0.3) is 22.3 Å². The van der Waals surface area contributed by atoms with Crippen LogP contribution in [0, 0.1) is 0 Å². The van der Waals surface area contributed by atoms with Gasteiger partial charge in [0.25, 0.3) is 0 Å². The number of benzene rings is 2. The molecule has 186 valence electrons. The van der Waals surface area contributed by atoms with Gasteiger partial charge in [0, 0.05) is 30.4 Å². The smallest absolute Gasteiger partial charge is 0.383 e. The molecule has 2 aromatic heterocycles. The monoisotopic (exact) mass is 495 g/mol. The summed E-state index contributed by atoms with van der Waals surface area (Å²) in [5.74, 6) is 0.345. The van der Waals surface area contributed by atoms with Gasteiger partial charge in [0.05, 0.1) is 10.9 Å². The summed E-state index contributed by atoms with van der Waals surface area (Å²) in [5, 5.41) is 8.15. The summed E-state index contributed by atoms with van der Waals surface area (Å²) in [6.07, 6.45) is -2.38. The molecule has 3 heterocycles. The van der Waals surface area contributed by atoms with E-state index in [1.54, 1.807) is 11.0 Å². The fraction of sp³-hybridized carbons (Fsp3) is 0.280. The molecule has 0 radical (unpaired) electrons. The van der Waals surface area contributed by atoms with E-state index < -0.39 is 11.7 Å². The number of hydrogen-bond donors (Lipinski definition) is 2. The highest BCUT2D eigenvalue weighted by molar-refractivity contribution is 5.99. The van der Waals surface area contributed by atoms with E-state index >= 15 is 0 Å². The first kappa shape index (κ1) is 23.6. The maximum Gasteiger partial charge on any atom is 0.416 e. The van der Waals surface area contributed by atoms with Gasteiger partial charge in [0.2, 0.25) is 0 Å². The molecule has 0 bridgehead atoms. The molecule has 11 heteroatoms. The number of hydrogen-bond acceptors (Lipinski definition) is 5. The van der Waals surface area contributed by atoms with Crippen molar-refractivity contribution in [1.29, 1.82) is 0 Å². The number of halogens is 3. The van der Waals surface area contributed by atoms with Crippen LogP contribution in [-0.2, 0) is 19.1 Å². The standard InChI is InChI=1S/C25H24F3N7O/c1-14(2)35-23-20(22(29)31-13-32-23)21(33-35)17-6-7-19-16(11-17)8-9-34(19)24(36)30-12-15-4-3-5-18(10-15)25(26,27)28/h3-7,10-11,13-14H,8-9,12H2,1-2H3,(H,30,36)(H2,29,31,32). The first-order chi connectivity index (χ1) is 17.1. The Kier molecular flexibility index (Phi) is 5.77. The topological polar surface area (TPSA) is 102 Å². The van der Waals surface area contributed by atoms with E-state index in [1.165, 1.54) is 12.4 Å². The van der Waals surface area contributed by atoms with E-state index in [-0.39, 0.29) is 18.6 Å². The molecular weight excluding hydrogens is 471 g/mol. The molecule has 0 saturated heterocycles. The molecule has 0 fully saturated rings. The van der Waals surface area contributed by atoms with Gasteiger partial charge in [0.15, 0.2) is 5.65 Å². The molecule has 8 nitrogen and oxygen atoms in total. The molecule has 0 saturated carbocycles. The van der Waals surface area contributed by atoms with Crippen LogP contribution in [0.15, 0.2) is 48.8 Å². The largest absolute Gasteiger partial charge is 0.416 e. The fourth-order valence-corrected chi connectivity index (χ4v) is 4.45. The number of nitrogens with zero attached hydrogens (tertiary/aromatic N) is 5. The van der Waals surface area contributed by atoms with Gasteiger partial charge in [-0.2, -0.15) is 18.3 Å². The van der Waals surface area contributed by atoms with Gasteiger partial charge in [-0.1, -0.05) is 18.2 Å². The minimum atomic E-state index is -4.43. The van der Waals surface area contributed by atoms with Gasteiger partial charge < -0.3 is 11.1 Å². The van der Waals surface area contributed by atoms with E-state index in [4.69, 9.17) is 10.8 Å². The first-order valence-electron chi connectivity index (χ1n) is 11.5. The van der Waals surface area contributed by atoms with Crippen molar-refractivity contribution in [3.63, 3.8) is 0 Å². The van der Waals surface area contributed by atoms with Crippen LogP contribution in [0.4, 0.5) is 29.5 Å². The third-order valence-corrected chi connectivity index (χ3v) is 6.20. The van der Waals surface area contributed by atoms with E-state index in [9.17, 15) is 18.0 Å². The van der Waals surface area contributed by atoms with Crippen molar-refractivity contribution in [3.8, 4) is 11.3 Å². The Morgan fingerprint density at radius 3 is 2.72 bits per heavy atom. The second-order valence-corrected chi connectivity index (χ2v) is 8.95. The Morgan fingerprint density at radius 1 is 1.17 bits per heavy atom. The predicted octanol–water partition coefficient (Wildman–Crippen LogP) is 4.95. The summed E-state index contributed by atoms with van der Waals surface area (Å²) in [6, 6.07) is 10.3. The maximum atomic E-state index is 13.0. The lowest BCUT2D eigenvalue weighted by molar-refractivity contribution is -0.137. The summed E-state index contributed by atoms with van der Waals surface area (Å²) in [7, 11) is 0. The number of nitrogen functional groups attached to an aromatic ring is 1. The Balaban J connectivity index is 1.38. The summed E-state index contributed by atoms with van der Waals surface area (Å²) >= 11 is 0. The van der Waals surface area contributed by atoms with Crippen molar-refractivity contribution in [2.45, 2.75) is 39.0 Å². The lowest BCUT2D eigenvalue weighted by Gasteiger charge is -2.18. The molecule has 3 N–H and O–H groups in total. The Labute approximate surface area is 204 Å². The van der Waals surface area contributed by atoms with E-state index in [0.717, 1.165) is 28.9 Å².